The molecule has 0 saturated carbocycles. The Kier molecular flexibility index (Phi) is 3.84. The first-order valence-electron chi connectivity index (χ1n) is 6.28. The summed E-state index contributed by atoms with van der Waals surface area (Å²) in [5.41, 5.74) is 2.38. The SMILES string of the molecule is Cc1ccc(CNC(=O)C2CCNCC2)n1C. The molecule has 0 aromatic carbocycles. The van der Waals surface area contributed by atoms with Crippen molar-refractivity contribution in [2.24, 2.45) is 13.0 Å². The highest BCUT2D eigenvalue weighted by atomic mass is 16.1. The van der Waals surface area contributed by atoms with Gasteiger partial charge in [0.15, 0.2) is 0 Å². The number of aromatic nitrogens is 1. The van der Waals surface area contributed by atoms with Gasteiger partial charge in [-0.3, -0.25) is 4.79 Å². The Hall–Kier alpha value is -1.29. The monoisotopic (exact) mass is 235 g/mol. The number of carbonyl (C=O) groups excluding carboxylic acids is 1. The van der Waals surface area contributed by atoms with E-state index in [4.69, 9.17) is 0 Å². The van der Waals surface area contributed by atoms with Crippen LogP contribution in [0.5, 0.6) is 0 Å². The van der Waals surface area contributed by atoms with Crippen molar-refractivity contribution < 1.29 is 4.79 Å². The molecule has 1 aromatic rings. The van der Waals surface area contributed by atoms with E-state index in [1.165, 1.54) is 5.69 Å². The average molecular weight is 235 g/mol. The lowest BCUT2D eigenvalue weighted by Gasteiger charge is -2.21. The maximum atomic E-state index is 11.9. The molecule has 1 amide bonds. The standard InChI is InChI=1S/C13H21N3O/c1-10-3-4-12(16(10)2)9-15-13(17)11-5-7-14-8-6-11/h3-4,11,14H,5-9H2,1-2H3,(H,15,17). The zero-order chi connectivity index (χ0) is 12.3. The molecule has 0 unspecified atom stereocenters. The Morgan fingerprint density at radius 1 is 1.47 bits per heavy atom. The van der Waals surface area contributed by atoms with Crippen LogP contribution in [-0.2, 0) is 18.4 Å². The van der Waals surface area contributed by atoms with E-state index in [1.807, 2.05) is 7.05 Å². The smallest absolute Gasteiger partial charge is 0.223 e. The van der Waals surface area contributed by atoms with Crippen molar-refractivity contribution in [3.05, 3.63) is 23.5 Å². The molecule has 0 atom stereocenters. The summed E-state index contributed by atoms with van der Waals surface area (Å²) in [6.45, 7) is 4.62. The summed E-state index contributed by atoms with van der Waals surface area (Å²) in [6.07, 6.45) is 1.91. The highest BCUT2D eigenvalue weighted by Crippen LogP contribution is 2.12. The van der Waals surface area contributed by atoms with Crippen LogP contribution in [-0.4, -0.2) is 23.6 Å². The summed E-state index contributed by atoms with van der Waals surface area (Å²) in [5.74, 6) is 0.392. The fourth-order valence-corrected chi connectivity index (χ4v) is 2.25. The molecule has 94 valence electrons. The van der Waals surface area contributed by atoms with Crippen molar-refractivity contribution in [2.45, 2.75) is 26.3 Å². The van der Waals surface area contributed by atoms with Crippen molar-refractivity contribution in [3.8, 4) is 0 Å². The topological polar surface area (TPSA) is 46.1 Å². The van der Waals surface area contributed by atoms with Crippen LogP contribution in [0.15, 0.2) is 12.1 Å². The van der Waals surface area contributed by atoms with E-state index in [0.717, 1.165) is 31.6 Å². The fraction of sp³-hybridized carbons (Fsp3) is 0.615. The fourth-order valence-electron chi connectivity index (χ4n) is 2.25. The summed E-state index contributed by atoms with van der Waals surface area (Å²) >= 11 is 0. The highest BCUT2D eigenvalue weighted by molar-refractivity contribution is 5.78. The number of rotatable bonds is 3. The third-order valence-electron chi connectivity index (χ3n) is 3.63. The van der Waals surface area contributed by atoms with Gasteiger partial charge in [-0.1, -0.05) is 0 Å². The van der Waals surface area contributed by atoms with Gasteiger partial charge in [0, 0.05) is 24.4 Å². The van der Waals surface area contributed by atoms with E-state index >= 15 is 0 Å². The van der Waals surface area contributed by atoms with Crippen LogP contribution in [0.1, 0.15) is 24.2 Å². The van der Waals surface area contributed by atoms with Crippen LogP contribution in [0, 0.1) is 12.8 Å². The van der Waals surface area contributed by atoms with Gasteiger partial charge in [0.2, 0.25) is 5.91 Å². The molecule has 4 heteroatoms. The van der Waals surface area contributed by atoms with Crippen LogP contribution < -0.4 is 10.6 Å². The minimum absolute atomic E-state index is 0.192. The summed E-state index contributed by atoms with van der Waals surface area (Å²) in [5, 5.41) is 6.31. The maximum absolute atomic E-state index is 11.9. The summed E-state index contributed by atoms with van der Waals surface area (Å²) < 4.78 is 2.11. The van der Waals surface area contributed by atoms with Gasteiger partial charge in [0.1, 0.15) is 0 Å². The third-order valence-corrected chi connectivity index (χ3v) is 3.63. The van der Waals surface area contributed by atoms with Crippen LogP contribution in [0.2, 0.25) is 0 Å². The minimum atomic E-state index is 0.192. The minimum Gasteiger partial charge on any atom is -0.350 e. The average Bonchev–Trinajstić information content (AvgIpc) is 2.68. The van der Waals surface area contributed by atoms with Gasteiger partial charge in [0.05, 0.1) is 6.54 Å². The van der Waals surface area contributed by atoms with Crippen LogP contribution in [0.25, 0.3) is 0 Å². The van der Waals surface area contributed by atoms with Crippen LogP contribution in [0.3, 0.4) is 0 Å². The molecule has 0 aliphatic carbocycles. The van der Waals surface area contributed by atoms with Crippen LogP contribution in [0.4, 0.5) is 0 Å². The first-order chi connectivity index (χ1) is 8.18. The molecular weight excluding hydrogens is 214 g/mol. The molecule has 0 bridgehead atoms. The van der Waals surface area contributed by atoms with Crippen molar-refractivity contribution in [3.63, 3.8) is 0 Å². The van der Waals surface area contributed by atoms with Gasteiger partial charge in [-0.2, -0.15) is 0 Å². The van der Waals surface area contributed by atoms with Crippen molar-refractivity contribution >= 4 is 5.91 Å². The number of nitrogens with zero attached hydrogens (tertiary/aromatic N) is 1. The van der Waals surface area contributed by atoms with E-state index < -0.39 is 0 Å². The van der Waals surface area contributed by atoms with Gasteiger partial charge in [-0.15, -0.1) is 0 Å². The molecule has 17 heavy (non-hydrogen) atoms. The number of carbonyl (C=O) groups is 1. The predicted octanol–water partition coefficient (Wildman–Crippen LogP) is 0.949. The van der Waals surface area contributed by atoms with Gasteiger partial charge in [-0.05, 0) is 45.0 Å². The Balaban J connectivity index is 1.85. The molecule has 0 radical (unpaired) electrons. The number of hydrogen-bond acceptors (Lipinski definition) is 2. The molecule has 1 aliphatic heterocycles. The van der Waals surface area contributed by atoms with E-state index in [0.29, 0.717) is 6.54 Å². The quantitative estimate of drug-likeness (QED) is 0.819. The molecular formula is C13H21N3O. The van der Waals surface area contributed by atoms with Gasteiger partial charge >= 0.3 is 0 Å². The molecule has 2 heterocycles. The van der Waals surface area contributed by atoms with E-state index in [9.17, 15) is 4.79 Å². The molecule has 1 fully saturated rings. The predicted molar refractivity (Wildman–Crippen MR) is 67.6 cm³/mol. The second-order valence-electron chi connectivity index (χ2n) is 4.77. The summed E-state index contributed by atoms with van der Waals surface area (Å²) in [4.78, 5) is 11.9. The maximum Gasteiger partial charge on any atom is 0.223 e. The lowest BCUT2D eigenvalue weighted by Crippen LogP contribution is -2.38. The number of nitrogens with one attached hydrogen (secondary N) is 2. The summed E-state index contributed by atoms with van der Waals surface area (Å²) in [7, 11) is 2.03. The third kappa shape index (κ3) is 2.88. The normalized spacial score (nSPS) is 17.1. The first kappa shape index (κ1) is 12.2. The number of amides is 1. The number of piperidine rings is 1. The summed E-state index contributed by atoms with van der Waals surface area (Å²) in [6, 6.07) is 4.14. The van der Waals surface area contributed by atoms with Crippen LogP contribution >= 0.6 is 0 Å². The molecule has 1 aliphatic rings. The number of aryl methyl sites for hydroxylation is 1. The van der Waals surface area contributed by atoms with Crippen molar-refractivity contribution in [1.29, 1.82) is 0 Å². The lowest BCUT2D eigenvalue weighted by atomic mass is 9.97. The van der Waals surface area contributed by atoms with Crippen molar-refractivity contribution in [2.75, 3.05) is 13.1 Å². The Morgan fingerprint density at radius 3 is 2.76 bits per heavy atom. The van der Waals surface area contributed by atoms with Gasteiger partial charge in [-0.25, -0.2) is 0 Å². The Bertz CT molecular complexity index is 391. The largest absolute Gasteiger partial charge is 0.350 e. The molecule has 2 N–H and O–H groups in total. The molecule has 4 nitrogen and oxygen atoms in total. The Morgan fingerprint density at radius 2 is 2.18 bits per heavy atom. The second-order valence-corrected chi connectivity index (χ2v) is 4.77. The molecule has 0 spiro atoms. The Labute approximate surface area is 102 Å². The second kappa shape index (κ2) is 5.36. The first-order valence-corrected chi connectivity index (χ1v) is 6.28. The highest BCUT2D eigenvalue weighted by Gasteiger charge is 2.20. The van der Waals surface area contributed by atoms with Crippen molar-refractivity contribution in [1.82, 2.24) is 15.2 Å². The molecule has 1 aromatic heterocycles. The van der Waals surface area contributed by atoms with Gasteiger partial charge in [0.25, 0.3) is 0 Å². The van der Waals surface area contributed by atoms with E-state index in [1.54, 1.807) is 0 Å². The number of hydrogen-bond donors (Lipinski definition) is 2. The zero-order valence-electron chi connectivity index (χ0n) is 10.6. The zero-order valence-corrected chi connectivity index (χ0v) is 10.6. The van der Waals surface area contributed by atoms with E-state index in [-0.39, 0.29) is 11.8 Å². The lowest BCUT2D eigenvalue weighted by molar-refractivity contribution is -0.125. The molecule has 2 rings (SSSR count). The van der Waals surface area contributed by atoms with E-state index in [2.05, 4.69) is 34.3 Å². The van der Waals surface area contributed by atoms with Gasteiger partial charge < -0.3 is 15.2 Å². The molecule has 1 saturated heterocycles.